The Bertz CT molecular complexity index is 616. The molecule has 3 rings (SSSR count). The Hall–Kier alpha value is -1.96. The van der Waals surface area contributed by atoms with Gasteiger partial charge in [-0.3, -0.25) is 0 Å². The maximum atomic E-state index is 6.07. The van der Waals surface area contributed by atoms with E-state index < -0.39 is 0 Å². The molecule has 1 unspecified atom stereocenters. The number of hydrogen-bond acceptors (Lipinski definition) is 2. The van der Waals surface area contributed by atoms with Crippen molar-refractivity contribution in [3.63, 3.8) is 0 Å². The van der Waals surface area contributed by atoms with Crippen LogP contribution in [0.4, 0.5) is 0 Å². The van der Waals surface area contributed by atoms with Crippen molar-refractivity contribution < 1.29 is 9.47 Å². The third-order valence-corrected chi connectivity index (χ3v) is 3.70. The Kier molecular flexibility index (Phi) is 3.17. The molecule has 0 N–H and O–H groups in total. The van der Waals surface area contributed by atoms with Crippen LogP contribution in [0, 0.1) is 13.8 Å². The van der Waals surface area contributed by atoms with Crippen molar-refractivity contribution in [2.75, 3.05) is 6.61 Å². The lowest BCUT2D eigenvalue weighted by Crippen LogP contribution is -2.37. The number of rotatable bonds is 3. The van der Waals surface area contributed by atoms with Crippen LogP contribution >= 0.6 is 0 Å². The molecule has 20 heavy (non-hydrogen) atoms. The molecule has 1 atom stereocenters. The summed E-state index contributed by atoms with van der Waals surface area (Å²) in [5.74, 6) is 1.89. The van der Waals surface area contributed by atoms with Crippen molar-refractivity contribution in [1.29, 1.82) is 0 Å². The van der Waals surface area contributed by atoms with Crippen LogP contribution in [0.3, 0.4) is 0 Å². The fourth-order valence-electron chi connectivity index (χ4n) is 2.60. The van der Waals surface area contributed by atoms with E-state index in [0.29, 0.717) is 6.61 Å². The zero-order valence-electron chi connectivity index (χ0n) is 12.3. The average molecular weight is 268 g/mol. The molecule has 2 nitrogen and oxygen atoms in total. The van der Waals surface area contributed by atoms with Gasteiger partial charge in [0, 0.05) is 6.42 Å². The summed E-state index contributed by atoms with van der Waals surface area (Å²) >= 11 is 0. The molecule has 0 bridgehead atoms. The molecule has 0 spiro atoms. The summed E-state index contributed by atoms with van der Waals surface area (Å²) in [6.45, 7) is 6.85. The van der Waals surface area contributed by atoms with E-state index in [2.05, 4.69) is 51.1 Å². The molecule has 0 saturated carbocycles. The lowest BCUT2D eigenvalue weighted by Gasteiger charge is -2.24. The van der Waals surface area contributed by atoms with E-state index in [1.54, 1.807) is 0 Å². The van der Waals surface area contributed by atoms with E-state index in [1.165, 1.54) is 16.7 Å². The van der Waals surface area contributed by atoms with E-state index in [0.717, 1.165) is 17.9 Å². The highest BCUT2D eigenvalue weighted by atomic mass is 16.5. The minimum absolute atomic E-state index is 0.277. The van der Waals surface area contributed by atoms with Gasteiger partial charge in [-0.1, -0.05) is 35.4 Å². The summed E-state index contributed by atoms with van der Waals surface area (Å²) < 4.78 is 12.0. The summed E-state index contributed by atoms with van der Waals surface area (Å²) in [5, 5.41) is 0. The maximum Gasteiger partial charge on any atom is 0.144 e. The van der Waals surface area contributed by atoms with Crippen molar-refractivity contribution in [1.82, 2.24) is 0 Å². The second-order valence-electron chi connectivity index (χ2n) is 5.94. The van der Waals surface area contributed by atoms with Gasteiger partial charge in [0.15, 0.2) is 0 Å². The second kappa shape index (κ2) is 4.86. The quantitative estimate of drug-likeness (QED) is 0.835. The molecule has 0 amide bonds. The Morgan fingerprint density at radius 2 is 1.75 bits per heavy atom. The number of ether oxygens (including phenoxy) is 2. The molecule has 0 aliphatic carbocycles. The van der Waals surface area contributed by atoms with Crippen LogP contribution in [0.1, 0.15) is 23.6 Å². The Labute approximate surface area is 120 Å². The van der Waals surface area contributed by atoms with Gasteiger partial charge >= 0.3 is 0 Å². The fourth-order valence-corrected chi connectivity index (χ4v) is 2.60. The van der Waals surface area contributed by atoms with Gasteiger partial charge < -0.3 is 9.47 Å². The van der Waals surface area contributed by atoms with Gasteiger partial charge in [0.2, 0.25) is 0 Å². The largest absolute Gasteiger partial charge is 0.489 e. The predicted octanol–water partition coefficient (Wildman–Crippen LogP) is 4.08. The summed E-state index contributed by atoms with van der Waals surface area (Å²) in [4.78, 5) is 0. The Morgan fingerprint density at radius 1 is 1.05 bits per heavy atom. The fraction of sp³-hybridized carbons (Fsp3) is 0.333. The van der Waals surface area contributed by atoms with E-state index >= 15 is 0 Å². The van der Waals surface area contributed by atoms with Crippen molar-refractivity contribution in [2.45, 2.75) is 32.8 Å². The summed E-state index contributed by atoms with van der Waals surface area (Å²) in [7, 11) is 0. The smallest absolute Gasteiger partial charge is 0.144 e. The third-order valence-electron chi connectivity index (χ3n) is 3.70. The van der Waals surface area contributed by atoms with E-state index in [9.17, 15) is 0 Å². The highest BCUT2D eigenvalue weighted by Gasteiger charge is 2.35. The molecule has 1 aliphatic heterocycles. The van der Waals surface area contributed by atoms with Crippen LogP contribution in [-0.2, 0) is 6.42 Å². The first-order chi connectivity index (χ1) is 9.54. The number of aryl methyl sites for hydroxylation is 2. The van der Waals surface area contributed by atoms with Gasteiger partial charge in [0.05, 0.1) is 0 Å². The van der Waals surface area contributed by atoms with Crippen LogP contribution in [0.5, 0.6) is 11.5 Å². The molecule has 2 heteroatoms. The van der Waals surface area contributed by atoms with Crippen LogP contribution in [-0.4, -0.2) is 12.2 Å². The standard InChI is InChI=1S/C18H20O2/c1-13-4-7-16(8-5-13)19-12-18(3)11-15-10-14(2)6-9-17(15)20-18/h4-10H,11-12H2,1-3H3. The monoisotopic (exact) mass is 268 g/mol. The molecule has 0 saturated heterocycles. The van der Waals surface area contributed by atoms with Crippen molar-refractivity contribution in [3.05, 3.63) is 59.2 Å². The molecule has 0 fully saturated rings. The van der Waals surface area contributed by atoms with Crippen molar-refractivity contribution in [3.8, 4) is 11.5 Å². The lowest BCUT2D eigenvalue weighted by atomic mass is 9.99. The van der Waals surface area contributed by atoms with Crippen LogP contribution in [0.15, 0.2) is 42.5 Å². The minimum atomic E-state index is -0.277. The topological polar surface area (TPSA) is 18.5 Å². The molecule has 0 aromatic heterocycles. The number of fused-ring (bicyclic) bond motifs is 1. The first-order valence-corrected chi connectivity index (χ1v) is 7.02. The lowest BCUT2D eigenvalue weighted by molar-refractivity contribution is 0.0559. The SMILES string of the molecule is Cc1ccc(OCC2(C)Cc3cc(C)ccc3O2)cc1. The average Bonchev–Trinajstić information content (AvgIpc) is 2.74. The highest BCUT2D eigenvalue weighted by molar-refractivity contribution is 5.41. The molecular weight excluding hydrogens is 248 g/mol. The molecule has 0 radical (unpaired) electrons. The Balaban J connectivity index is 1.68. The predicted molar refractivity (Wildman–Crippen MR) is 80.6 cm³/mol. The molecule has 1 aliphatic rings. The molecule has 2 aromatic carbocycles. The molecule has 2 aromatic rings. The molecule has 104 valence electrons. The van der Waals surface area contributed by atoms with E-state index in [1.807, 2.05) is 12.1 Å². The Morgan fingerprint density at radius 3 is 2.50 bits per heavy atom. The van der Waals surface area contributed by atoms with Crippen molar-refractivity contribution in [2.24, 2.45) is 0 Å². The normalized spacial score (nSPS) is 20.4. The van der Waals surface area contributed by atoms with E-state index in [4.69, 9.17) is 9.47 Å². The first kappa shape index (κ1) is 13.0. The first-order valence-electron chi connectivity index (χ1n) is 7.02. The van der Waals surface area contributed by atoms with Gasteiger partial charge in [0.1, 0.15) is 23.7 Å². The molecule has 1 heterocycles. The van der Waals surface area contributed by atoms with Gasteiger partial charge in [-0.25, -0.2) is 0 Å². The summed E-state index contributed by atoms with van der Waals surface area (Å²) in [6.07, 6.45) is 0.899. The zero-order valence-corrected chi connectivity index (χ0v) is 12.3. The van der Waals surface area contributed by atoms with Gasteiger partial charge in [-0.05, 0) is 44.5 Å². The highest BCUT2D eigenvalue weighted by Crippen LogP contribution is 2.35. The molecular formula is C18H20O2. The second-order valence-corrected chi connectivity index (χ2v) is 5.94. The summed E-state index contributed by atoms with van der Waals surface area (Å²) in [6, 6.07) is 14.5. The van der Waals surface area contributed by atoms with Crippen LogP contribution in [0.25, 0.3) is 0 Å². The van der Waals surface area contributed by atoms with Gasteiger partial charge in [0.25, 0.3) is 0 Å². The number of hydrogen-bond donors (Lipinski definition) is 0. The van der Waals surface area contributed by atoms with Crippen LogP contribution < -0.4 is 9.47 Å². The summed E-state index contributed by atoms with van der Waals surface area (Å²) in [5.41, 5.74) is 3.51. The number of benzene rings is 2. The zero-order chi connectivity index (χ0) is 14.2. The van der Waals surface area contributed by atoms with Gasteiger partial charge in [-0.2, -0.15) is 0 Å². The van der Waals surface area contributed by atoms with E-state index in [-0.39, 0.29) is 5.60 Å². The maximum absolute atomic E-state index is 6.07. The van der Waals surface area contributed by atoms with Crippen LogP contribution in [0.2, 0.25) is 0 Å². The van der Waals surface area contributed by atoms with Gasteiger partial charge in [-0.15, -0.1) is 0 Å². The minimum Gasteiger partial charge on any atom is -0.489 e. The third kappa shape index (κ3) is 2.64. The van der Waals surface area contributed by atoms with Crippen molar-refractivity contribution >= 4 is 0 Å².